The molecule has 1 heterocycles. The lowest BCUT2D eigenvalue weighted by Crippen LogP contribution is -2.49. The standard InChI is InChI=1S/C15H21FN2O2/c1-2-15(20)18-9-7-17(8-10-18)11-14(19)12-3-5-13(16)6-4-12/h3-6,14,19H,2,7-11H2,1H3. The van der Waals surface area contributed by atoms with Gasteiger partial charge in [-0.3, -0.25) is 9.69 Å². The third kappa shape index (κ3) is 3.77. The number of benzene rings is 1. The molecule has 5 heteroatoms. The highest BCUT2D eigenvalue weighted by atomic mass is 19.1. The minimum absolute atomic E-state index is 0.184. The molecule has 0 radical (unpaired) electrons. The smallest absolute Gasteiger partial charge is 0.222 e. The fourth-order valence-electron chi connectivity index (χ4n) is 2.44. The highest BCUT2D eigenvalue weighted by molar-refractivity contribution is 5.75. The van der Waals surface area contributed by atoms with Gasteiger partial charge in [-0.15, -0.1) is 0 Å². The maximum atomic E-state index is 12.8. The molecule has 110 valence electrons. The molecule has 1 amide bonds. The van der Waals surface area contributed by atoms with Crippen molar-refractivity contribution in [2.45, 2.75) is 19.4 Å². The molecular formula is C15H21FN2O2. The summed E-state index contributed by atoms with van der Waals surface area (Å²) in [7, 11) is 0. The lowest BCUT2D eigenvalue weighted by molar-refractivity contribution is -0.132. The summed E-state index contributed by atoms with van der Waals surface area (Å²) in [5, 5.41) is 10.1. The Balaban J connectivity index is 1.83. The molecule has 1 N–H and O–H groups in total. The van der Waals surface area contributed by atoms with Gasteiger partial charge in [0.15, 0.2) is 0 Å². The number of carbonyl (C=O) groups is 1. The monoisotopic (exact) mass is 280 g/mol. The normalized spacial score (nSPS) is 18.1. The van der Waals surface area contributed by atoms with Crippen molar-refractivity contribution in [2.24, 2.45) is 0 Å². The minimum Gasteiger partial charge on any atom is -0.387 e. The molecular weight excluding hydrogens is 259 g/mol. The van der Waals surface area contributed by atoms with Crippen LogP contribution in [0.15, 0.2) is 24.3 Å². The number of hydrogen-bond donors (Lipinski definition) is 1. The van der Waals surface area contributed by atoms with Crippen LogP contribution in [0.2, 0.25) is 0 Å². The third-order valence-electron chi connectivity index (χ3n) is 3.71. The van der Waals surface area contributed by atoms with Gasteiger partial charge in [-0.2, -0.15) is 0 Å². The van der Waals surface area contributed by atoms with Gasteiger partial charge in [0.25, 0.3) is 0 Å². The number of aliphatic hydroxyl groups is 1. The van der Waals surface area contributed by atoms with Gasteiger partial charge in [0, 0.05) is 39.1 Å². The van der Waals surface area contributed by atoms with E-state index in [-0.39, 0.29) is 11.7 Å². The zero-order valence-corrected chi connectivity index (χ0v) is 11.8. The summed E-state index contributed by atoms with van der Waals surface area (Å²) in [6, 6.07) is 5.93. The quantitative estimate of drug-likeness (QED) is 0.907. The first-order valence-electron chi connectivity index (χ1n) is 7.04. The van der Waals surface area contributed by atoms with E-state index in [2.05, 4.69) is 4.90 Å². The van der Waals surface area contributed by atoms with Gasteiger partial charge in [0.1, 0.15) is 5.82 Å². The molecule has 1 aliphatic heterocycles. The number of nitrogens with zero attached hydrogens (tertiary/aromatic N) is 2. The van der Waals surface area contributed by atoms with E-state index in [1.54, 1.807) is 12.1 Å². The Morgan fingerprint density at radius 2 is 1.85 bits per heavy atom. The van der Waals surface area contributed by atoms with E-state index < -0.39 is 6.10 Å². The predicted molar refractivity (Wildman–Crippen MR) is 74.7 cm³/mol. The molecule has 0 aliphatic carbocycles. The van der Waals surface area contributed by atoms with E-state index in [0.717, 1.165) is 18.7 Å². The summed E-state index contributed by atoms with van der Waals surface area (Å²) in [6.07, 6.45) is -0.0814. The maximum Gasteiger partial charge on any atom is 0.222 e. The maximum absolute atomic E-state index is 12.8. The van der Waals surface area contributed by atoms with E-state index in [9.17, 15) is 14.3 Å². The molecule has 1 fully saturated rings. The molecule has 2 rings (SSSR count). The van der Waals surface area contributed by atoms with Gasteiger partial charge < -0.3 is 10.0 Å². The average Bonchev–Trinajstić information content (AvgIpc) is 2.48. The average molecular weight is 280 g/mol. The third-order valence-corrected chi connectivity index (χ3v) is 3.71. The number of β-amino-alcohol motifs (C(OH)–C–C–N with tert-alkyl or cyclic N) is 1. The molecule has 0 bridgehead atoms. The fourth-order valence-corrected chi connectivity index (χ4v) is 2.44. The van der Waals surface area contributed by atoms with Crippen LogP contribution in [0.4, 0.5) is 4.39 Å². The van der Waals surface area contributed by atoms with Crippen LogP contribution in [0.5, 0.6) is 0 Å². The second-order valence-corrected chi connectivity index (χ2v) is 5.10. The number of piperazine rings is 1. The van der Waals surface area contributed by atoms with Gasteiger partial charge in [-0.25, -0.2) is 4.39 Å². The Kier molecular flexibility index (Phi) is 5.09. The van der Waals surface area contributed by atoms with Crippen molar-refractivity contribution in [3.05, 3.63) is 35.6 Å². The van der Waals surface area contributed by atoms with E-state index in [4.69, 9.17) is 0 Å². The molecule has 1 aromatic carbocycles. The van der Waals surface area contributed by atoms with Crippen molar-refractivity contribution >= 4 is 5.91 Å². The second kappa shape index (κ2) is 6.81. The summed E-state index contributed by atoms with van der Waals surface area (Å²) < 4.78 is 12.8. The first-order chi connectivity index (χ1) is 9.60. The topological polar surface area (TPSA) is 43.8 Å². The highest BCUT2D eigenvalue weighted by Crippen LogP contribution is 2.16. The fraction of sp³-hybridized carbons (Fsp3) is 0.533. The summed E-state index contributed by atoms with van der Waals surface area (Å²) in [4.78, 5) is 15.6. The van der Waals surface area contributed by atoms with Gasteiger partial charge in [0.05, 0.1) is 6.10 Å². The molecule has 1 aromatic rings. The van der Waals surface area contributed by atoms with Crippen LogP contribution in [-0.4, -0.2) is 53.5 Å². The molecule has 1 saturated heterocycles. The zero-order chi connectivity index (χ0) is 14.5. The van der Waals surface area contributed by atoms with Crippen LogP contribution in [0.25, 0.3) is 0 Å². The number of carbonyl (C=O) groups excluding carboxylic acids is 1. The summed E-state index contributed by atoms with van der Waals surface area (Å²) in [6.45, 7) is 5.34. The Bertz CT molecular complexity index is 442. The Morgan fingerprint density at radius 3 is 2.40 bits per heavy atom. The minimum atomic E-state index is -0.621. The van der Waals surface area contributed by atoms with Crippen molar-refractivity contribution in [1.82, 2.24) is 9.80 Å². The first-order valence-corrected chi connectivity index (χ1v) is 7.04. The number of amides is 1. The lowest BCUT2D eigenvalue weighted by Gasteiger charge is -2.35. The Labute approximate surface area is 118 Å². The molecule has 20 heavy (non-hydrogen) atoms. The van der Waals surface area contributed by atoms with Crippen LogP contribution in [0, 0.1) is 5.82 Å². The zero-order valence-electron chi connectivity index (χ0n) is 11.8. The van der Waals surface area contributed by atoms with Crippen molar-refractivity contribution in [3.63, 3.8) is 0 Å². The lowest BCUT2D eigenvalue weighted by atomic mass is 10.1. The SMILES string of the molecule is CCC(=O)N1CCN(CC(O)c2ccc(F)cc2)CC1. The van der Waals surface area contributed by atoms with E-state index >= 15 is 0 Å². The molecule has 1 aliphatic rings. The highest BCUT2D eigenvalue weighted by Gasteiger charge is 2.21. The van der Waals surface area contributed by atoms with Crippen LogP contribution in [0.3, 0.4) is 0 Å². The largest absolute Gasteiger partial charge is 0.387 e. The molecule has 0 spiro atoms. The summed E-state index contributed by atoms with van der Waals surface area (Å²) in [5.74, 6) is -0.114. The first kappa shape index (κ1) is 14.9. The molecule has 1 atom stereocenters. The number of rotatable bonds is 4. The van der Waals surface area contributed by atoms with Gasteiger partial charge in [-0.05, 0) is 17.7 Å². The van der Waals surface area contributed by atoms with Crippen molar-refractivity contribution in [3.8, 4) is 0 Å². The van der Waals surface area contributed by atoms with Crippen LogP contribution >= 0.6 is 0 Å². The van der Waals surface area contributed by atoms with E-state index in [1.807, 2.05) is 11.8 Å². The van der Waals surface area contributed by atoms with Gasteiger partial charge in [0.2, 0.25) is 5.91 Å². The molecule has 0 saturated carbocycles. The van der Waals surface area contributed by atoms with Gasteiger partial charge >= 0.3 is 0 Å². The second-order valence-electron chi connectivity index (χ2n) is 5.10. The van der Waals surface area contributed by atoms with E-state index in [0.29, 0.717) is 26.1 Å². The van der Waals surface area contributed by atoms with Gasteiger partial charge in [-0.1, -0.05) is 19.1 Å². The molecule has 4 nitrogen and oxygen atoms in total. The van der Waals surface area contributed by atoms with Crippen molar-refractivity contribution in [2.75, 3.05) is 32.7 Å². The summed E-state index contributed by atoms with van der Waals surface area (Å²) >= 11 is 0. The van der Waals surface area contributed by atoms with Crippen LogP contribution in [0.1, 0.15) is 25.0 Å². The van der Waals surface area contributed by atoms with Crippen LogP contribution in [-0.2, 0) is 4.79 Å². The number of aliphatic hydroxyl groups excluding tert-OH is 1. The molecule has 0 aromatic heterocycles. The number of halogens is 1. The van der Waals surface area contributed by atoms with E-state index in [1.165, 1.54) is 12.1 Å². The predicted octanol–water partition coefficient (Wildman–Crippen LogP) is 1.41. The molecule has 1 unspecified atom stereocenters. The van der Waals surface area contributed by atoms with Crippen molar-refractivity contribution < 1.29 is 14.3 Å². The Hall–Kier alpha value is -1.46. The van der Waals surface area contributed by atoms with Crippen LogP contribution < -0.4 is 0 Å². The Morgan fingerprint density at radius 1 is 1.25 bits per heavy atom. The number of hydrogen-bond acceptors (Lipinski definition) is 3. The van der Waals surface area contributed by atoms with Crippen molar-refractivity contribution in [1.29, 1.82) is 0 Å². The summed E-state index contributed by atoms with van der Waals surface area (Å²) in [5.41, 5.74) is 0.721.